The lowest BCUT2D eigenvalue weighted by Crippen LogP contribution is -2.32. The number of nitrogens with one attached hydrogen (secondary N) is 2. The van der Waals surface area contributed by atoms with E-state index in [0.29, 0.717) is 11.3 Å². The first-order valence-electron chi connectivity index (χ1n) is 12.2. The predicted molar refractivity (Wildman–Crippen MR) is 142 cm³/mol. The van der Waals surface area contributed by atoms with Gasteiger partial charge < -0.3 is 15.4 Å². The second-order valence-electron chi connectivity index (χ2n) is 9.86. The number of aromatic nitrogens is 4. The lowest BCUT2D eigenvalue weighted by atomic mass is 10.0. The zero-order valence-corrected chi connectivity index (χ0v) is 22.2. The molecule has 12 heteroatoms. The first-order valence-corrected chi connectivity index (χ1v) is 12.2. The summed E-state index contributed by atoms with van der Waals surface area (Å²) in [5.41, 5.74) is -0.480. The summed E-state index contributed by atoms with van der Waals surface area (Å²) in [5, 5.41) is 9.37. The van der Waals surface area contributed by atoms with E-state index in [1.54, 1.807) is 52.1 Å². The van der Waals surface area contributed by atoms with Crippen molar-refractivity contribution in [3.05, 3.63) is 83.9 Å². The maximum atomic E-state index is 13.7. The van der Waals surface area contributed by atoms with Crippen molar-refractivity contribution in [2.24, 2.45) is 7.05 Å². The summed E-state index contributed by atoms with van der Waals surface area (Å²) in [6.07, 6.45) is -2.38. The molecule has 0 saturated heterocycles. The molecule has 4 aromatic rings. The molecule has 0 saturated carbocycles. The number of hydrogen-bond acceptors (Lipinski definition) is 6. The van der Waals surface area contributed by atoms with E-state index in [1.807, 2.05) is 6.07 Å². The Kier molecular flexibility index (Phi) is 7.89. The molecule has 0 bridgehead atoms. The van der Waals surface area contributed by atoms with Crippen molar-refractivity contribution in [2.75, 3.05) is 5.32 Å². The number of hydrogen-bond donors (Lipinski definition) is 2. The highest BCUT2D eigenvalue weighted by atomic mass is 19.4. The van der Waals surface area contributed by atoms with Crippen LogP contribution in [-0.4, -0.2) is 37.3 Å². The molecule has 4 rings (SSSR count). The minimum atomic E-state index is -4.64. The van der Waals surface area contributed by atoms with Crippen LogP contribution in [0, 0.1) is 0 Å². The molecule has 9 nitrogen and oxygen atoms in total. The molecule has 0 aliphatic carbocycles. The van der Waals surface area contributed by atoms with E-state index in [4.69, 9.17) is 4.74 Å². The Morgan fingerprint density at radius 3 is 2.38 bits per heavy atom. The van der Waals surface area contributed by atoms with E-state index in [-0.39, 0.29) is 34.9 Å². The molecule has 2 aromatic carbocycles. The van der Waals surface area contributed by atoms with Gasteiger partial charge in [-0.15, -0.1) is 0 Å². The molecule has 0 atom stereocenters. The summed E-state index contributed by atoms with van der Waals surface area (Å²) in [4.78, 5) is 34.0. The number of benzene rings is 2. The molecule has 0 unspecified atom stereocenters. The van der Waals surface area contributed by atoms with Crippen molar-refractivity contribution >= 4 is 17.7 Å². The lowest BCUT2D eigenvalue weighted by molar-refractivity contribution is -0.137. The third-order valence-corrected chi connectivity index (χ3v) is 5.50. The first-order chi connectivity index (χ1) is 18.8. The summed E-state index contributed by atoms with van der Waals surface area (Å²) in [7, 11) is 1.59. The van der Waals surface area contributed by atoms with Crippen LogP contribution in [0.2, 0.25) is 0 Å². The van der Waals surface area contributed by atoms with Crippen LogP contribution in [0.25, 0.3) is 22.5 Å². The highest BCUT2D eigenvalue weighted by molar-refractivity contribution is 6.06. The Morgan fingerprint density at radius 2 is 1.75 bits per heavy atom. The van der Waals surface area contributed by atoms with Crippen LogP contribution < -0.4 is 10.6 Å². The van der Waals surface area contributed by atoms with Gasteiger partial charge in [-0.25, -0.2) is 14.8 Å². The Labute approximate surface area is 228 Å². The molecular weight excluding hydrogens is 525 g/mol. The number of rotatable bonds is 6. The van der Waals surface area contributed by atoms with Gasteiger partial charge in [0.1, 0.15) is 11.4 Å². The fraction of sp³-hybridized carbons (Fsp3) is 0.250. The van der Waals surface area contributed by atoms with Gasteiger partial charge in [-0.3, -0.25) is 9.48 Å². The first kappa shape index (κ1) is 28.3. The molecule has 0 spiro atoms. The van der Waals surface area contributed by atoms with Crippen LogP contribution >= 0.6 is 0 Å². The van der Waals surface area contributed by atoms with Gasteiger partial charge >= 0.3 is 12.3 Å². The number of alkyl carbamates (subject to hydrolysis) is 1. The van der Waals surface area contributed by atoms with Gasteiger partial charge in [-0.05, 0) is 45.0 Å². The van der Waals surface area contributed by atoms with Gasteiger partial charge in [0.25, 0.3) is 5.91 Å². The van der Waals surface area contributed by atoms with Gasteiger partial charge in [0.2, 0.25) is 0 Å². The second kappa shape index (κ2) is 11.2. The highest BCUT2D eigenvalue weighted by Crippen LogP contribution is 2.37. The molecule has 0 radical (unpaired) electrons. The number of anilines is 1. The predicted octanol–water partition coefficient (Wildman–Crippen LogP) is 5.84. The fourth-order valence-corrected chi connectivity index (χ4v) is 3.77. The van der Waals surface area contributed by atoms with Crippen molar-refractivity contribution < 1.29 is 27.5 Å². The molecule has 208 valence electrons. The third kappa shape index (κ3) is 7.01. The Bertz CT molecular complexity index is 1530. The average molecular weight is 553 g/mol. The van der Waals surface area contributed by atoms with Gasteiger partial charge in [-0.1, -0.05) is 30.3 Å². The Balaban J connectivity index is 1.64. The van der Waals surface area contributed by atoms with Crippen LogP contribution in [0.4, 0.5) is 23.7 Å². The maximum Gasteiger partial charge on any atom is 0.417 e. The average Bonchev–Trinajstić information content (AvgIpc) is 3.33. The quantitative estimate of drug-likeness (QED) is 0.311. The monoisotopic (exact) mass is 552 g/mol. The number of ether oxygens (including phenoxy) is 1. The van der Waals surface area contributed by atoms with Crippen molar-refractivity contribution in [3.8, 4) is 22.5 Å². The van der Waals surface area contributed by atoms with E-state index in [0.717, 1.165) is 18.2 Å². The third-order valence-electron chi connectivity index (χ3n) is 5.50. The molecule has 2 aromatic heterocycles. The van der Waals surface area contributed by atoms with Crippen LogP contribution in [-0.2, 0) is 24.5 Å². The van der Waals surface area contributed by atoms with Crippen LogP contribution in [0.3, 0.4) is 0 Å². The molecular formula is C28H27F3N6O3. The second-order valence-corrected chi connectivity index (χ2v) is 9.86. The topological polar surface area (TPSA) is 111 Å². The van der Waals surface area contributed by atoms with Gasteiger partial charge in [0.05, 0.1) is 35.4 Å². The SMILES string of the molecule is Cn1ccc(-c2cc(C(=O)Nc3cnc(CNC(=O)OC(C)(C)C)nc3-c3ccccc3)ccc2C(F)(F)F)n1. The molecule has 40 heavy (non-hydrogen) atoms. The van der Waals surface area contributed by atoms with E-state index in [1.165, 1.54) is 23.1 Å². The Hall–Kier alpha value is -4.74. The van der Waals surface area contributed by atoms with E-state index in [2.05, 4.69) is 25.7 Å². The number of amides is 2. The molecule has 2 N–H and O–H groups in total. The van der Waals surface area contributed by atoms with E-state index >= 15 is 0 Å². The maximum absolute atomic E-state index is 13.7. The van der Waals surface area contributed by atoms with Gasteiger partial charge in [0, 0.05) is 29.9 Å². The zero-order chi connectivity index (χ0) is 29.1. The molecule has 2 amide bonds. The van der Waals surface area contributed by atoms with Crippen molar-refractivity contribution in [3.63, 3.8) is 0 Å². The summed E-state index contributed by atoms with van der Waals surface area (Å²) >= 11 is 0. The number of nitrogens with zero attached hydrogens (tertiary/aromatic N) is 4. The highest BCUT2D eigenvalue weighted by Gasteiger charge is 2.34. The van der Waals surface area contributed by atoms with E-state index in [9.17, 15) is 22.8 Å². The number of carbonyl (C=O) groups is 2. The van der Waals surface area contributed by atoms with Crippen LogP contribution in [0.5, 0.6) is 0 Å². The number of aryl methyl sites for hydroxylation is 1. The zero-order valence-electron chi connectivity index (χ0n) is 22.2. The summed E-state index contributed by atoms with van der Waals surface area (Å²) < 4.78 is 47.7. The summed E-state index contributed by atoms with van der Waals surface area (Å²) in [6.45, 7) is 5.19. The Morgan fingerprint density at radius 1 is 1.02 bits per heavy atom. The number of alkyl halides is 3. The van der Waals surface area contributed by atoms with Gasteiger partial charge in [0.15, 0.2) is 0 Å². The van der Waals surface area contributed by atoms with Crippen molar-refractivity contribution in [2.45, 2.75) is 39.1 Å². The smallest absolute Gasteiger partial charge is 0.417 e. The van der Waals surface area contributed by atoms with Crippen molar-refractivity contribution in [1.29, 1.82) is 0 Å². The standard InChI is InChI=1S/C28H27F3N6O3/c1-27(2,3)40-26(39)33-16-23-32-15-22(24(35-23)17-8-6-5-7-9-17)34-25(38)18-10-11-20(28(29,30)31)19(14-18)21-12-13-37(4)36-21/h5-15H,16H2,1-4H3,(H,33,39)(H,34,38). The van der Waals surface area contributed by atoms with Gasteiger partial charge in [-0.2, -0.15) is 18.3 Å². The molecule has 0 aliphatic rings. The largest absolute Gasteiger partial charge is 0.444 e. The summed E-state index contributed by atoms with van der Waals surface area (Å²) in [5.74, 6) is -0.402. The van der Waals surface area contributed by atoms with Crippen molar-refractivity contribution in [1.82, 2.24) is 25.1 Å². The lowest BCUT2D eigenvalue weighted by Gasteiger charge is -2.19. The van der Waals surface area contributed by atoms with Crippen LogP contribution in [0.1, 0.15) is 42.5 Å². The molecule has 0 aliphatic heterocycles. The summed E-state index contributed by atoms with van der Waals surface area (Å²) in [6, 6.07) is 13.5. The van der Waals surface area contributed by atoms with Crippen LogP contribution in [0.15, 0.2) is 67.0 Å². The number of halogens is 3. The molecule has 0 fully saturated rings. The minimum absolute atomic E-state index is 0.0108. The molecule has 2 heterocycles. The normalized spacial score (nSPS) is 11.7. The van der Waals surface area contributed by atoms with E-state index < -0.39 is 29.3 Å². The minimum Gasteiger partial charge on any atom is -0.444 e. The number of carbonyl (C=O) groups excluding carboxylic acids is 2. The fourth-order valence-electron chi connectivity index (χ4n) is 3.77.